The lowest BCUT2D eigenvalue weighted by atomic mass is 10.0. The molecule has 0 radical (unpaired) electrons. The number of pyridine rings is 1. The summed E-state index contributed by atoms with van der Waals surface area (Å²) in [4.78, 5) is 10.0. The van der Waals surface area contributed by atoms with Gasteiger partial charge in [0.25, 0.3) is 0 Å². The zero-order chi connectivity index (χ0) is 18.8. The van der Waals surface area contributed by atoms with E-state index in [0.29, 0.717) is 0 Å². The fraction of sp³-hybridized carbons (Fsp3) is 0.217. The second-order valence-electron chi connectivity index (χ2n) is 7.00. The summed E-state index contributed by atoms with van der Waals surface area (Å²) in [5.41, 5.74) is 3.30. The molecule has 5 heteroatoms. The highest BCUT2D eigenvalue weighted by molar-refractivity contribution is 7.07. The summed E-state index contributed by atoms with van der Waals surface area (Å²) in [6, 6.07) is 18.9. The Morgan fingerprint density at radius 1 is 1.11 bits per heavy atom. The zero-order valence-electron chi connectivity index (χ0n) is 15.5. The Balaban J connectivity index is 1.68. The second-order valence-corrected chi connectivity index (χ2v) is 7.84. The number of hydrogen-bond donors (Lipinski definition) is 0. The summed E-state index contributed by atoms with van der Waals surface area (Å²) in [5.74, 6) is 0. The lowest BCUT2D eigenvalue weighted by Crippen LogP contribution is -2.24. The molecule has 0 aliphatic carbocycles. The molecule has 0 saturated carbocycles. The summed E-state index contributed by atoms with van der Waals surface area (Å²) < 4.78 is 8.25. The van der Waals surface area contributed by atoms with Crippen molar-refractivity contribution in [1.29, 1.82) is 0 Å². The van der Waals surface area contributed by atoms with Gasteiger partial charge in [-0.15, -0.1) is 11.3 Å². The van der Waals surface area contributed by atoms with Crippen molar-refractivity contribution in [1.82, 2.24) is 9.55 Å². The normalized spacial score (nSPS) is 17.4. The van der Waals surface area contributed by atoms with Crippen molar-refractivity contribution in [3.8, 4) is 11.3 Å². The summed E-state index contributed by atoms with van der Waals surface area (Å²) in [5, 5.41) is 4.73. The summed E-state index contributed by atoms with van der Waals surface area (Å²) in [6.07, 6.45) is 6.05. The van der Waals surface area contributed by atoms with Gasteiger partial charge in [-0.05, 0) is 35.7 Å². The van der Waals surface area contributed by atoms with Crippen molar-refractivity contribution in [2.75, 3.05) is 6.61 Å². The smallest absolute Gasteiger partial charge is 0.190 e. The maximum absolute atomic E-state index is 5.94. The standard InChI is InChI=1S/C23H21N3OS/c1-2-10-20-17(6-1)7-3-11-21(20)22-16-28-23(25-18-8-4-12-24-14-18)26(22)15-19-9-5-13-27-19/h1-4,6-8,10-12,14,16,19H,5,9,13,15H2. The maximum Gasteiger partial charge on any atom is 0.190 e. The van der Waals surface area contributed by atoms with Crippen molar-refractivity contribution >= 4 is 27.8 Å². The van der Waals surface area contributed by atoms with Gasteiger partial charge in [-0.2, -0.15) is 0 Å². The van der Waals surface area contributed by atoms with E-state index in [1.165, 1.54) is 22.0 Å². The van der Waals surface area contributed by atoms with E-state index in [0.717, 1.165) is 36.5 Å². The zero-order valence-corrected chi connectivity index (χ0v) is 16.3. The van der Waals surface area contributed by atoms with Crippen molar-refractivity contribution in [3.63, 3.8) is 0 Å². The minimum atomic E-state index is 0.246. The molecule has 1 aliphatic rings. The topological polar surface area (TPSA) is 39.4 Å². The van der Waals surface area contributed by atoms with Crippen LogP contribution in [0.1, 0.15) is 12.8 Å². The van der Waals surface area contributed by atoms with Gasteiger partial charge in [0.2, 0.25) is 0 Å². The molecular weight excluding hydrogens is 366 g/mol. The van der Waals surface area contributed by atoms with Gasteiger partial charge >= 0.3 is 0 Å². The van der Waals surface area contributed by atoms with Gasteiger partial charge in [0, 0.05) is 23.7 Å². The molecule has 2 aromatic heterocycles. The fourth-order valence-corrected chi connectivity index (χ4v) is 4.71. The molecule has 1 aliphatic heterocycles. The lowest BCUT2D eigenvalue weighted by Gasteiger charge is -2.15. The highest BCUT2D eigenvalue weighted by Crippen LogP contribution is 2.30. The first-order chi connectivity index (χ1) is 13.9. The van der Waals surface area contributed by atoms with Crippen LogP contribution in [-0.4, -0.2) is 22.3 Å². The molecule has 4 nitrogen and oxygen atoms in total. The van der Waals surface area contributed by atoms with Crippen molar-refractivity contribution in [2.24, 2.45) is 4.99 Å². The fourth-order valence-electron chi connectivity index (χ4n) is 3.78. The summed E-state index contributed by atoms with van der Waals surface area (Å²) in [7, 11) is 0. The van der Waals surface area contributed by atoms with Crippen LogP contribution in [0.3, 0.4) is 0 Å². The number of nitrogens with zero attached hydrogens (tertiary/aromatic N) is 3. The molecule has 5 rings (SSSR count). The third kappa shape index (κ3) is 3.39. The first kappa shape index (κ1) is 17.3. The number of rotatable bonds is 4. The minimum absolute atomic E-state index is 0.246. The Kier molecular flexibility index (Phi) is 4.77. The van der Waals surface area contributed by atoms with E-state index in [1.54, 1.807) is 23.7 Å². The van der Waals surface area contributed by atoms with Crippen molar-refractivity contribution in [2.45, 2.75) is 25.5 Å². The maximum atomic E-state index is 5.94. The highest BCUT2D eigenvalue weighted by atomic mass is 32.1. The number of aromatic nitrogens is 2. The third-order valence-corrected chi connectivity index (χ3v) is 6.01. The van der Waals surface area contributed by atoms with E-state index in [9.17, 15) is 0 Å². The first-order valence-corrected chi connectivity index (χ1v) is 10.5. The SMILES string of the molecule is c1cncc(N=c2scc(-c3cccc4ccccc34)n2CC2CCCO2)c1. The van der Waals surface area contributed by atoms with E-state index in [-0.39, 0.29) is 6.10 Å². The molecule has 0 amide bonds. The number of benzene rings is 2. The summed E-state index contributed by atoms with van der Waals surface area (Å²) in [6.45, 7) is 1.68. The molecule has 1 atom stereocenters. The molecule has 140 valence electrons. The van der Waals surface area contributed by atoms with Crippen LogP contribution in [-0.2, 0) is 11.3 Å². The number of fused-ring (bicyclic) bond motifs is 1. The van der Waals surface area contributed by atoms with E-state index < -0.39 is 0 Å². The molecule has 0 N–H and O–H groups in total. The average molecular weight is 388 g/mol. The molecular formula is C23H21N3OS. The minimum Gasteiger partial charge on any atom is -0.376 e. The van der Waals surface area contributed by atoms with Crippen LogP contribution in [0.5, 0.6) is 0 Å². The van der Waals surface area contributed by atoms with Crippen molar-refractivity contribution < 1.29 is 4.74 Å². The Morgan fingerprint density at radius 2 is 2.04 bits per heavy atom. The van der Waals surface area contributed by atoms with Gasteiger partial charge in [0.1, 0.15) is 0 Å². The van der Waals surface area contributed by atoms with Crippen LogP contribution in [0.4, 0.5) is 5.69 Å². The van der Waals surface area contributed by atoms with Crippen LogP contribution in [0.2, 0.25) is 0 Å². The quantitative estimate of drug-likeness (QED) is 0.484. The Labute approximate surface area is 167 Å². The van der Waals surface area contributed by atoms with E-state index >= 15 is 0 Å². The number of thiazole rings is 1. The molecule has 1 unspecified atom stereocenters. The van der Waals surface area contributed by atoms with Gasteiger partial charge in [-0.3, -0.25) is 4.98 Å². The van der Waals surface area contributed by atoms with Crippen LogP contribution in [0.15, 0.2) is 77.4 Å². The molecule has 4 aromatic rings. The van der Waals surface area contributed by atoms with E-state index in [2.05, 4.69) is 57.4 Å². The first-order valence-electron chi connectivity index (χ1n) is 9.61. The third-order valence-electron chi connectivity index (χ3n) is 5.14. The van der Waals surface area contributed by atoms with Crippen LogP contribution in [0, 0.1) is 0 Å². The second kappa shape index (κ2) is 7.70. The van der Waals surface area contributed by atoms with E-state index in [1.807, 2.05) is 12.1 Å². The Hall–Kier alpha value is -2.76. The van der Waals surface area contributed by atoms with Crippen LogP contribution in [0.25, 0.3) is 22.0 Å². The number of ether oxygens (including phenoxy) is 1. The Morgan fingerprint density at radius 3 is 2.89 bits per heavy atom. The molecule has 2 aromatic carbocycles. The molecule has 28 heavy (non-hydrogen) atoms. The molecule has 3 heterocycles. The van der Waals surface area contributed by atoms with Gasteiger partial charge < -0.3 is 9.30 Å². The Bertz CT molecular complexity index is 1150. The molecule has 1 saturated heterocycles. The monoisotopic (exact) mass is 387 g/mol. The predicted molar refractivity (Wildman–Crippen MR) is 114 cm³/mol. The van der Waals surface area contributed by atoms with Gasteiger partial charge in [0.15, 0.2) is 4.80 Å². The largest absolute Gasteiger partial charge is 0.376 e. The van der Waals surface area contributed by atoms with E-state index in [4.69, 9.17) is 9.73 Å². The number of hydrogen-bond acceptors (Lipinski definition) is 4. The van der Waals surface area contributed by atoms with Crippen LogP contribution < -0.4 is 4.80 Å². The highest BCUT2D eigenvalue weighted by Gasteiger charge is 2.19. The lowest BCUT2D eigenvalue weighted by molar-refractivity contribution is 0.0968. The van der Waals surface area contributed by atoms with Gasteiger partial charge in [-0.1, -0.05) is 42.5 Å². The van der Waals surface area contributed by atoms with Crippen molar-refractivity contribution in [3.05, 3.63) is 77.2 Å². The van der Waals surface area contributed by atoms with Crippen LogP contribution >= 0.6 is 11.3 Å². The molecule has 1 fully saturated rings. The van der Waals surface area contributed by atoms with Gasteiger partial charge in [0.05, 0.1) is 30.2 Å². The molecule has 0 spiro atoms. The average Bonchev–Trinajstić information content (AvgIpc) is 3.39. The van der Waals surface area contributed by atoms with Gasteiger partial charge in [-0.25, -0.2) is 4.99 Å². The predicted octanol–water partition coefficient (Wildman–Crippen LogP) is 5.18. The molecule has 0 bridgehead atoms. The summed E-state index contributed by atoms with van der Waals surface area (Å²) >= 11 is 1.67.